The number of carbonyl (C=O) groups is 1. The molecule has 2 rings (SSSR count). The number of carbonyl (C=O) groups excluding carboxylic acids is 1. The summed E-state index contributed by atoms with van der Waals surface area (Å²) in [6, 6.07) is 17.6. The Kier molecular flexibility index (Phi) is 6.63. The molecule has 0 aromatic heterocycles. The Bertz CT molecular complexity index is 597. The lowest BCUT2D eigenvalue weighted by atomic mass is 9.93. The van der Waals surface area contributed by atoms with E-state index in [9.17, 15) is 9.90 Å². The molecular formula is C19H24N2O2. The highest BCUT2D eigenvalue weighted by Gasteiger charge is 2.11. The summed E-state index contributed by atoms with van der Waals surface area (Å²) in [4.78, 5) is 11.9. The van der Waals surface area contributed by atoms with Crippen LogP contribution in [-0.2, 0) is 0 Å². The number of aryl methyl sites for hydroxylation is 1. The number of hydrogen-bond donors (Lipinski definition) is 3. The molecule has 0 radical (unpaired) electrons. The number of nitrogens with one attached hydrogen (secondary N) is 2. The van der Waals surface area contributed by atoms with E-state index in [1.165, 1.54) is 5.56 Å². The summed E-state index contributed by atoms with van der Waals surface area (Å²) < 4.78 is 0. The fraction of sp³-hybridized carbons (Fsp3) is 0.316. The van der Waals surface area contributed by atoms with E-state index in [4.69, 9.17) is 0 Å². The van der Waals surface area contributed by atoms with Gasteiger partial charge in [-0.3, -0.25) is 0 Å². The van der Waals surface area contributed by atoms with Gasteiger partial charge in [-0.1, -0.05) is 48.0 Å². The first-order valence-corrected chi connectivity index (χ1v) is 7.96. The predicted octanol–water partition coefficient (Wildman–Crippen LogP) is 3.67. The van der Waals surface area contributed by atoms with E-state index in [0.29, 0.717) is 13.0 Å². The second-order valence-corrected chi connectivity index (χ2v) is 5.66. The van der Waals surface area contributed by atoms with E-state index < -0.39 is 0 Å². The van der Waals surface area contributed by atoms with Crippen molar-refractivity contribution in [3.05, 3.63) is 65.7 Å². The van der Waals surface area contributed by atoms with Crippen molar-refractivity contribution in [2.24, 2.45) is 0 Å². The third-order valence-electron chi connectivity index (χ3n) is 3.84. The summed E-state index contributed by atoms with van der Waals surface area (Å²) in [6.07, 6.45) is 1.50. The van der Waals surface area contributed by atoms with Gasteiger partial charge in [-0.2, -0.15) is 0 Å². The van der Waals surface area contributed by atoms with E-state index in [2.05, 4.69) is 22.8 Å². The standard InChI is InChI=1S/C19H24N2O2/c1-15-7-9-18(10-8-15)21-19(23)20-13-11-17(12-14-22)16-5-3-2-4-6-16/h2-10,17,22H,11-14H2,1H3,(H2,20,21,23). The van der Waals surface area contributed by atoms with E-state index in [-0.39, 0.29) is 18.6 Å². The molecule has 3 N–H and O–H groups in total. The first kappa shape index (κ1) is 17.0. The number of amides is 2. The van der Waals surface area contributed by atoms with E-state index >= 15 is 0 Å². The molecule has 2 aromatic rings. The molecule has 23 heavy (non-hydrogen) atoms. The minimum atomic E-state index is -0.204. The average Bonchev–Trinajstić information content (AvgIpc) is 2.57. The van der Waals surface area contributed by atoms with E-state index in [0.717, 1.165) is 17.7 Å². The molecule has 4 nitrogen and oxygen atoms in total. The average molecular weight is 312 g/mol. The first-order valence-electron chi connectivity index (χ1n) is 7.96. The van der Waals surface area contributed by atoms with Crippen molar-refractivity contribution in [2.45, 2.75) is 25.7 Å². The van der Waals surface area contributed by atoms with Crippen LogP contribution in [0, 0.1) is 6.92 Å². The SMILES string of the molecule is Cc1ccc(NC(=O)NCCC(CCO)c2ccccc2)cc1. The van der Waals surface area contributed by atoms with Crippen LogP contribution in [0.5, 0.6) is 0 Å². The van der Waals surface area contributed by atoms with Gasteiger partial charge in [-0.15, -0.1) is 0 Å². The molecule has 4 heteroatoms. The minimum Gasteiger partial charge on any atom is -0.396 e. The van der Waals surface area contributed by atoms with Gasteiger partial charge < -0.3 is 15.7 Å². The van der Waals surface area contributed by atoms with Crippen LogP contribution < -0.4 is 10.6 Å². The summed E-state index contributed by atoms with van der Waals surface area (Å²) in [6.45, 7) is 2.72. The second-order valence-electron chi connectivity index (χ2n) is 5.66. The maximum Gasteiger partial charge on any atom is 0.319 e. The van der Waals surface area contributed by atoms with Crippen LogP contribution >= 0.6 is 0 Å². The minimum absolute atomic E-state index is 0.148. The lowest BCUT2D eigenvalue weighted by Crippen LogP contribution is -2.30. The molecule has 0 saturated carbocycles. The van der Waals surface area contributed by atoms with Crippen molar-refractivity contribution >= 4 is 11.7 Å². The maximum atomic E-state index is 11.9. The smallest absolute Gasteiger partial charge is 0.319 e. The zero-order chi connectivity index (χ0) is 16.5. The lowest BCUT2D eigenvalue weighted by Gasteiger charge is -2.17. The summed E-state index contributed by atoms with van der Waals surface area (Å²) in [5.74, 6) is 0.251. The van der Waals surface area contributed by atoms with Crippen molar-refractivity contribution in [1.82, 2.24) is 5.32 Å². The summed E-state index contributed by atoms with van der Waals surface area (Å²) in [7, 11) is 0. The molecule has 0 aliphatic rings. The van der Waals surface area contributed by atoms with Gasteiger partial charge in [0, 0.05) is 18.8 Å². The highest BCUT2D eigenvalue weighted by atomic mass is 16.3. The first-order chi connectivity index (χ1) is 11.2. The molecule has 0 saturated heterocycles. The van der Waals surface area contributed by atoms with Gasteiger partial charge in [0.05, 0.1) is 0 Å². The molecule has 122 valence electrons. The van der Waals surface area contributed by atoms with Crippen molar-refractivity contribution in [2.75, 3.05) is 18.5 Å². The normalized spacial score (nSPS) is 11.7. The molecule has 1 atom stereocenters. The van der Waals surface area contributed by atoms with Crippen LogP contribution in [0.25, 0.3) is 0 Å². The Balaban J connectivity index is 1.80. The monoisotopic (exact) mass is 312 g/mol. The Labute approximate surface area is 137 Å². The summed E-state index contributed by atoms with van der Waals surface area (Å²) >= 11 is 0. The number of aliphatic hydroxyl groups is 1. The quantitative estimate of drug-likeness (QED) is 0.730. The van der Waals surface area contributed by atoms with Crippen molar-refractivity contribution in [3.63, 3.8) is 0 Å². The molecule has 2 amide bonds. The van der Waals surface area contributed by atoms with Crippen molar-refractivity contribution in [3.8, 4) is 0 Å². The molecule has 0 bridgehead atoms. The third kappa shape index (κ3) is 5.75. The maximum absolute atomic E-state index is 11.9. The fourth-order valence-corrected chi connectivity index (χ4v) is 2.53. The van der Waals surface area contributed by atoms with Crippen LogP contribution in [0.2, 0.25) is 0 Å². The highest BCUT2D eigenvalue weighted by molar-refractivity contribution is 5.89. The number of anilines is 1. The predicted molar refractivity (Wildman–Crippen MR) is 93.7 cm³/mol. The van der Waals surface area contributed by atoms with Gasteiger partial charge in [0.1, 0.15) is 0 Å². The number of hydrogen-bond acceptors (Lipinski definition) is 2. The Morgan fingerprint density at radius 3 is 2.39 bits per heavy atom. The zero-order valence-corrected chi connectivity index (χ0v) is 13.5. The lowest BCUT2D eigenvalue weighted by molar-refractivity contribution is 0.250. The van der Waals surface area contributed by atoms with Gasteiger partial charge in [-0.05, 0) is 43.4 Å². The molecule has 2 aromatic carbocycles. The van der Waals surface area contributed by atoms with Gasteiger partial charge in [0.2, 0.25) is 0 Å². The van der Waals surface area contributed by atoms with E-state index in [1.54, 1.807) is 0 Å². The van der Waals surface area contributed by atoms with Crippen LogP contribution in [0.1, 0.15) is 29.9 Å². The van der Waals surface area contributed by atoms with Crippen LogP contribution in [-0.4, -0.2) is 24.3 Å². The van der Waals surface area contributed by atoms with Crippen molar-refractivity contribution < 1.29 is 9.90 Å². The van der Waals surface area contributed by atoms with Crippen LogP contribution in [0.3, 0.4) is 0 Å². The van der Waals surface area contributed by atoms with E-state index in [1.807, 2.05) is 49.4 Å². The van der Waals surface area contributed by atoms with Gasteiger partial charge >= 0.3 is 6.03 Å². The van der Waals surface area contributed by atoms with Gasteiger partial charge in [-0.25, -0.2) is 4.79 Å². The topological polar surface area (TPSA) is 61.4 Å². The summed E-state index contributed by atoms with van der Waals surface area (Å²) in [5.41, 5.74) is 3.14. The third-order valence-corrected chi connectivity index (χ3v) is 3.84. The molecule has 0 aliphatic carbocycles. The fourth-order valence-electron chi connectivity index (χ4n) is 2.53. The Morgan fingerprint density at radius 2 is 1.74 bits per heavy atom. The second kappa shape index (κ2) is 8.96. The summed E-state index contributed by atoms with van der Waals surface area (Å²) in [5, 5.41) is 14.9. The molecule has 1 unspecified atom stereocenters. The number of benzene rings is 2. The van der Waals surface area contributed by atoms with Crippen LogP contribution in [0.15, 0.2) is 54.6 Å². The molecule has 0 fully saturated rings. The number of rotatable bonds is 7. The molecule has 0 spiro atoms. The molecule has 0 heterocycles. The highest BCUT2D eigenvalue weighted by Crippen LogP contribution is 2.22. The van der Waals surface area contributed by atoms with Gasteiger partial charge in [0.15, 0.2) is 0 Å². The Morgan fingerprint density at radius 1 is 1.04 bits per heavy atom. The zero-order valence-electron chi connectivity index (χ0n) is 13.5. The molecule has 0 aliphatic heterocycles. The largest absolute Gasteiger partial charge is 0.396 e. The number of aliphatic hydroxyl groups excluding tert-OH is 1. The van der Waals surface area contributed by atoms with Gasteiger partial charge in [0.25, 0.3) is 0 Å². The number of urea groups is 1. The van der Waals surface area contributed by atoms with Crippen molar-refractivity contribution in [1.29, 1.82) is 0 Å². The Hall–Kier alpha value is -2.33. The molecular weight excluding hydrogens is 288 g/mol. The van der Waals surface area contributed by atoms with Crippen LogP contribution in [0.4, 0.5) is 10.5 Å².